The molecule has 2 heterocycles. The van der Waals surface area contributed by atoms with Crippen LogP contribution in [0.5, 0.6) is 0 Å². The maximum absolute atomic E-state index is 12.0. The van der Waals surface area contributed by atoms with E-state index in [9.17, 15) is 4.79 Å². The molecule has 0 radical (unpaired) electrons. The maximum Gasteiger partial charge on any atom is 0.292 e. The van der Waals surface area contributed by atoms with Crippen LogP contribution in [0.4, 0.5) is 0 Å². The van der Waals surface area contributed by atoms with Gasteiger partial charge in [0.2, 0.25) is 5.76 Å². The van der Waals surface area contributed by atoms with Gasteiger partial charge in [-0.15, -0.1) is 0 Å². The van der Waals surface area contributed by atoms with Gasteiger partial charge in [0.25, 0.3) is 5.91 Å². The molecule has 1 amide bonds. The summed E-state index contributed by atoms with van der Waals surface area (Å²) in [5, 5.41) is 3.73. The molecule has 0 aliphatic carbocycles. The van der Waals surface area contributed by atoms with E-state index in [4.69, 9.17) is 9.26 Å². The number of rotatable bonds is 3. The van der Waals surface area contributed by atoms with Crippen LogP contribution in [0, 0.1) is 12.8 Å². The minimum Gasteiger partial charge on any atom is -0.384 e. The highest BCUT2D eigenvalue weighted by Crippen LogP contribution is 2.19. The number of nitrogens with zero attached hydrogens (tertiary/aromatic N) is 2. The van der Waals surface area contributed by atoms with Crippen LogP contribution in [0.25, 0.3) is 0 Å². The molecule has 1 aliphatic rings. The fourth-order valence-electron chi connectivity index (χ4n) is 2.16. The van der Waals surface area contributed by atoms with Crippen molar-refractivity contribution in [3.63, 3.8) is 0 Å². The van der Waals surface area contributed by atoms with E-state index in [1.54, 1.807) is 13.2 Å². The zero-order valence-electron chi connectivity index (χ0n) is 10.3. The summed E-state index contributed by atoms with van der Waals surface area (Å²) in [5.74, 6) is 0.856. The third kappa shape index (κ3) is 2.85. The fraction of sp³-hybridized carbons (Fsp3) is 0.667. The molecule has 0 unspecified atom stereocenters. The molecule has 5 heteroatoms. The van der Waals surface area contributed by atoms with Crippen LogP contribution in [0.15, 0.2) is 10.6 Å². The molecular formula is C12H18N2O3. The Morgan fingerprint density at radius 2 is 2.29 bits per heavy atom. The lowest BCUT2D eigenvalue weighted by atomic mass is 9.97. The summed E-state index contributed by atoms with van der Waals surface area (Å²) in [4.78, 5) is 13.9. The molecule has 94 valence electrons. The number of methoxy groups -OCH3 is 1. The van der Waals surface area contributed by atoms with Gasteiger partial charge < -0.3 is 14.2 Å². The van der Waals surface area contributed by atoms with Gasteiger partial charge in [0.1, 0.15) is 0 Å². The van der Waals surface area contributed by atoms with E-state index < -0.39 is 0 Å². The quantitative estimate of drug-likeness (QED) is 0.800. The van der Waals surface area contributed by atoms with Crippen LogP contribution in [0.1, 0.15) is 29.1 Å². The summed E-state index contributed by atoms with van der Waals surface area (Å²) >= 11 is 0. The fourth-order valence-corrected chi connectivity index (χ4v) is 2.16. The molecule has 1 aromatic heterocycles. The summed E-state index contributed by atoms with van der Waals surface area (Å²) in [6.07, 6.45) is 1.99. The first-order valence-electron chi connectivity index (χ1n) is 5.92. The molecule has 1 fully saturated rings. The molecular weight excluding hydrogens is 220 g/mol. The molecule has 0 spiro atoms. The number of piperidine rings is 1. The van der Waals surface area contributed by atoms with Gasteiger partial charge in [0, 0.05) is 32.9 Å². The summed E-state index contributed by atoms with van der Waals surface area (Å²) < 4.78 is 10.1. The summed E-state index contributed by atoms with van der Waals surface area (Å²) in [5.41, 5.74) is 0.739. The number of likely N-dealkylation sites (tertiary alicyclic amines) is 1. The van der Waals surface area contributed by atoms with Crippen molar-refractivity contribution < 1.29 is 14.1 Å². The zero-order valence-corrected chi connectivity index (χ0v) is 10.3. The standard InChI is InChI=1S/C12H18N2O3/c1-9-7-11(17-13-9)12(15)14-5-3-10(4-6-14)8-16-2/h7,10H,3-6,8H2,1-2H3. The Kier molecular flexibility index (Phi) is 3.78. The Morgan fingerprint density at radius 1 is 1.59 bits per heavy atom. The van der Waals surface area contributed by atoms with Crippen molar-refractivity contribution >= 4 is 5.91 Å². The molecule has 17 heavy (non-hydrogen) atoms. The number of amides is 1. The zero-order chi connectivity index (χ0) is 12.3. The number of hydrogen-bond donors (Lipinski definition) is 0. The smallest absolute Gasteiger partial charge is 0.292 e. The Morgan fingerprint density at radius 3 is 2.82 bits per heavy atom. The average Bonchev–Trinajstić information content (AvgIpc) is 2.76. The highest BCUT2D eigenvalue weighted by atomic mass is 16.5. The Bertz CT molecular complexity index is 381. The lowest BCUT2D eigenvalue weighted by Crippen LogP contribution is -2.39. The monoisotopic (exact) mass is 238 g/mol. The van der Waals surface area contributed by atoms with E-state index in [0.717, 1.165) is 38.2 Å². The second-order valence-electron chi connectivity index (χ2n) is 4.52. The third-order valence-electron chi connectivity index (χ3n) is 3.14. The molecule has 0 saturated carbocycles. The molecule has 1 saturated heterocycles. The van der Waals surface area contributed by atoms with Crippen molar-refractivity contribution in [1.82, 2.24) is 10.1 Å². The third-order valence-corrected chi connectivity index (χ3v) is 3.14. The van der Waals surface area contributed by atoms with Gasteiger partial charge in [-0.1, -0.05) is 5.16 Å². The van der Waals surface area contributed by atoms with E-state index in [1.807, 2.05) is 11.8 Å². The van der Waals surface area contributed by atoms with Crippen molar-refractivity contribution in [2.24, 2.45) is 5.92 Å². The molecule has 0 aromatic carbocycles. The minimum absolute atomic E-state index is 0.0542. The molecule has 0 N–H and O–H groups in total. The van der Waals surface area contributed by atoms with Gasteiger partial charge in [-0.05, 0) is 25.7 Å². The number of hydrogen-bond acceptors (Lipinski definition) is 4. The number of carbonyl (C=O) groups is 1. The predicted octanol–water partition coefficient (Wildman–Crippen LogP) is 1.48. The van der Waals surface area contributed by atoms with Crippen LogP contribution in [0.3, 0.4) is 0 Å². The molecule has 1 aliphatic heterocycles. The summed E-state index contributed by atoms with van der Waals surface area (Å²) in [7, 11) is 1.72. The highest BCUT2D eigenvalue weighted by molar-refractivity contribution is 5.91. The largest absolute Gasteiger partial charge is 0.384 e. The first kappa shape index (κ1) is 12.1. The second-order valence-corrected chi connectivity index (χ2v) is 4.52. The van der Waals surface area contributed by atoms with Crippen molar-refractivity contribution in [3.05, 3.63) is 17.5 Å². The van der Waals surface area contributed by atoms with E-state index in [2.05, 4.69) is 5.16 Å². The molecule has 0 bridgehead atoms. The number of carbonyl (C=O) groups excluding carboxylic acids is 1. The van der Waals surface area contributed by atoms with Crippen LogP contribution in [-0.2, 0) is 4.74 Å². The first-order valence-corrected chi connectivity index (χ1v) is 5.92. The van der Waals surface area contributed by atoms with Crippen molar-refractivity contribution in [2.45, 2.75) is 19.8 Å². The van der Waals surface area contributed by atoms with Crippen LogP contribution in [0.2, 0.25) is 0 Å². The van der Waals surface area contributed by atoms with Crippen molar-refractivity contribution in [1.29, 1.82) is 0 Å². The molecule has 1 aromatic rings. The van der Waals surface area contributed by atoms with Gasteiger partial charge in [0.15, 0.2) is 0 Å². The van der Waals surface area contributed by atoms with Crippen LogP contribution >= 0.6 is 0 Å². The molecule has 2 rings (SSSR count). The van der Waals surface area contributed by atoms with E-state index >= 15 is 0 Å². The Labute approximate surface area is 101 Å². The topological polar surface area (TPSA) is 55.6 Å². The van der Waals surface area contributed by atoms with Crippen molar-refractivity contribution in [2.75, 3.05) is 26.8 Å². The lowest BCUT2D eigenvalue weighted by molar-refractivity contribution is 0.0577. The Balaban J connectivity index is 1.90. The van der Waals surface area contributed by atoms with Gasteiger partial charge in [-0.25, -0.2) is 0 Å². The van der Waals surface area contributed by atoms with E-state index in [0.29, 0.717) is 11.7 Å². The summed E-state index contributed by atoms with van der Waals surface area (Å²) in [6, 6.07) is 1.68. The summed E-state index contributed by atoms with van der Waals surface area (Å²) in [6.45, 7) is 4.13. The van der Waals surface area contributed by atoms with Gasteiger partial charge in [-0.3, -0.25) is 4.79 Å². The van der Waals surface area contributed by atoms with Gasteiger partial charge >= 0.3 is 0 Å². The normalized spacial score (nSPS) is 17.4. The molecule has 0 atom stereocenters. The van der Waals surface area contributed by atoms with Gasteiger partial charge in [-0.2, -0.15) is 0 Å². The number of aryl methyl sites for hydroxylation is 1. The minimum atomic E-state index is -0.0542. The van der Waals surface area contributed by atoms with Crippen molar-refractivity contribution in [3.8, 4) is 0 Å². The van der Waals surface area contributed by atoms with Crippen LogP contribution in [-0.4, -0.2) is 42.8 Å². The number of ether oxygens (including phenoxy) is 1. The SMILES string of the molecule is COCC1CCN(C(=O)c2cc(C)no2)CC1. The predicted molar refractivity (Wildman–Crippen MR) is 61.7 cm³/mol. The second kappa shape index (κ2) is 5.31. The number of aromatic nitrogens is 1. The van der Waals surface area contributed by atoms with E-state index in [1.165, 1.54) is 0 Å². The van der Waals surface area contributed by atoms with E-state index in [-0.39, 0.29) is 5.91 Å². The van der Waals surface area contributed by atoms with Gasteiger partial charge in [0.05, 0.1) is 5.69 Å². The van der Waals surface area contributed by atoms with Crippen LogP contribution < -0.4 is 0 Å². The first-order chi connectivity index (χ1) is 8.20. The molecule has 5 nitrogen and oxygen atoms in total. The maximum atomic E-state index is 12.0. The Hall–Kier alpha value is -1.36. The highest BCUT2D eigenvalue weighted by Gasteiger charge is 2.25. The lowest BCUT2D eigenvalue weighted by Gasteiger charge is -2.30. The average molecular weight is 238 g/mol.